The van der Waals surface area contributed by atoms with Crippen LogP contribution in [0.25, 0.3) is 0 Å². The van der Waals surface area contributed by atoms with Crippen molar-refractivity contribution < 1.29 is 14.3 Å². The van der Waals surface area contributed by atoms with Gasteiger partial charge in [0.15, 0.2) is 0 Å². The third kappa shape index (κ3) is 4.42. The zero-order valence-corrected chi connectivity index (χ0v) is 13.7. The van der Waals surface area contributed by atoms with Crippen LogP contribution in [0.3, 0.4) is 0 Å². The summed E-state index contributed by atoms with van der Waals surface area (Å²) in [6.07, 6.45) is 1.23. The van der Waals surface area contributed by atoms with Crippen molar-refractivity contribution in [3.63, 3.8) is 0 Å². The van der Waals surface area contributed by atoms with Gasteiger partial charge in [-0.2, -0.15) is 0 Å². The van der Waals surface area contributed by atoms with Gasteiger partial charge in [0, 0.05) is 12.0 Å². The maximum absolute atomic E-state index is 11.2. The van der Waals surface area contributed by atoms with Gasteiger partial charge in [0.2, 0.25) is 5.91 Å². The fourth-order valence-electron chi connectivity index (χ4n) is 2.39. The van der Waals surface area contributed by atoms with Crippen LogP contribution < -0.4 is 10.5 Å². The van der Waals surface area contributed by atoms with Crippen LogP contribution >= 0.6 is 0 Å². The average Bonchev–Trinajstić information content (AvgIpc) is 2.49. The SMILES string of the molecule is CC(=O)CCc1cc(C)cc(Oc2ccc(C(N)=O)cc2)c1C. The lowest BCUT2D eigenvalue weighted by Gasteiger charge is -2.14. The van der Waals surface area contributed by atoms with Crippen LogP contribution in [0.4, 0.5) is 0 Å². The molecule has 0 spiro atoms. The highest BCUT2D eigenvalue weighted by Gasteiger charge is 2.09. The maximum Gasteiger partial charge on any atom is 0.248 e. The fraction of sp³-hybridized carbons (Fsp3) is 0.263. The van der Waals surface area contributed by atoms with Crippen molar-refractivity contribution in [3.05, 3.63) is 58.7 Å². The van der Waals surface area contributed by atoms with Gasteiger partial charge in [-0.3, -0.25) is 4.79 Å². The number of ketones is 1. The van der Waals surface area contributed by atoms with E-state index in [1.807, 2.05) is 19.9 Å². The first kappa shape index (κ1) is 16.7. The Morgan fingerprint density at radius 2 is 1.74 bits per heavy atom. The predicted octanol–water partition coefficient (Wildman–Crippen LogP) is 3.72. The molecule has 0 aliphatic rings. The molecule has 2 N–H and O–H groups in total. The Morgan fingerprint density at radius 3 is 2.30 bits per heavy atom. The number of primary amides is 1. The number of ether oxygens (including phenoxy) is 1. The monoisotopic (exact) mass is 311 g/mol. The minimum absolute atomic E-state index is 0.176. The van der Waals surface area contributed by atoms with Crippen LogP contribution in [-0.2, 0) is 11.2 Å². The summed E-state index contributed by atoms with van der Waals surface area (Å²) in [6.45, 7) is 5.59. The van der Waals surface area contributed by atoms with E-state index in [1.54, 1.807) is 31.2 Å². The molecular weight excluding hydrogens is 290 g/mol. The number of rotatable bonds is 6. The van der Waals surface area contributed by atoms with E-state index in [-0.39, 0.29) is 5.78 Å². The van der Waals surface area contributed by atoms with Gasteiger partial charge >= 0.3 is 0 Å². The third-order valence-corrected chi connectivity index (χ3v) is 3.72. The molecule has 1 amide bonds. The number of Topliss-reactive ketones (excluding diaryl/α,β-unsaturated/α-hetero) is 1. The Kier molecular flexibility index (Phi) is 5.16. The van der Waals surface area contributed by atoms with E-state index in [0.717, 1.165) is 22.4 Å². The van der Waals surface area contributed by atoms with Crippen molar-refractivity contribution in [2.24, 2.45) is 5.73 Å². The van der Waals surface area contributed by atoms with Gasteiger partial charge in [-0.15, -0.1) is 0 Å². The van der Waals surface area contributed by atoms with Gasteiger partial charge in [-0.05, 0) is 74.2 Å². The lowest BCUT2D eigenvalue weighted by Crippen LogP contribution is -2.10. The summed E-state index contributed by atoms with van der Waals surface area (Å²) in [5.74, 6) is 1.11. The van der Waals surface area contributed by atoms with Crippen LogP contribution in [0.15, 0.2) is 36.4 Å². The van der Waals surface area contributed by atoms with E-state index in [9.17, 15) is 9.59 Å². The molecule has 0 radical (unpaired) electrons. The number of benzene rings is 2. The van der Waals surface area contributed by atoms with Crippen LogP contribution in [0, 0.1) is 13.8 Å². The van der Waals surface area contributed by atoms with Gasteiger partial charge in [0.1, 0.15) is 17.3 Å². The summed E-state index contributed by atoms with van der Waals surface area (Å²) >= 11 is 0. The number of carbonyl (C=O) groups is 2. The number of amides is 1. The quantitative estimate of drug-likeness (QED) is 0.884. The number of hydrogen-bond donors (Lipinski definition) is 1. The standard InChI is InChI=1S/C19H21NO3/c1-12-10-16(5-4-13(2)21)14(3)18(11-12)23-17-8-6-15(7-9-17)19(20)22/h6-11H,4-5H2,1-3H3,(H2,20,22). The normalized spacial score (nSPS) is 10.4. The Morgan fingerprint density at radius 1 is 1.09 bits per heavy atom. The van der Waals surface area contributed by atoms with Gasteiger partial charge in [0.25, 0.3) is 0 Å². The molecule has 2 aromatic rings. The number of aryl methyl sites for hydroxylation is 2. The van der Waals surface area contributed by atoms with Crippen LogP contribution in [0.5, 0.6) is 11.5 Å². The molecule has 0 unspecified atom stereocenters. The molecule has 4 nitrogen and oxygen atoms in total. The second-order valence-electron chi connectivity index (χ2n) is 5.74. The summed E-state index contributed by atoms with van der Waals surface area (Å²) in [5, 5.41) is 0. The minimum Gasteiger partial charge on any atom is -0.457 e. The molecule has 0 bridgehead atoms. The lowest BCUT2D eigenvalue weighted by molar-refractivity contribution is -0.116. The summed E-state index contributed by atoms with van der Waals surface area (Å²) < 4.78 is 5.94. The van der Waals surface area contributed by atoms with Gasteiger partial charge in [0.05, 0.1) is 0 Å². The lowest BCUT2D eigenvalue weighted by atomic mass is 9.99. The molecule has 2 aromatic carbocycles. The van der Waals surface area contributed by atoms with Crippen molar-refractivity contribution in [3.8, 4) is 11.5 Å². The van der Waals surface area contributed by atoms with E-state index in [4.69, 9.17) is 10.5 Å². The third-order valence-electron chi connectivity index (χ3n) is 3.72. The Hall–Kier alpha value is -2.62. The number of hydrogen-bond acceptors (Lipinski definition) is 3. The highest BCUT2D eigenvalue weighted by molar-refractivity contribution is 5.92. The molecule has 0 heterocycles. The molecule has 0 aliphatic heterocycles. The Labute approximate surface area is 136 Å². The molecule has 4 heteroatoms. The largest absolute Gasteiger partial charge is 0.457 e. The number of carbonyl (C=O) groups excluding carboxylic acids is 2. The molecule has 0 fully saturated rings. The molecule has 120 valence electrons. The van der Waals surface area contributed by atoms with Crippen molar-refractivity contribution in [2.75, 3.05) is 0 Å². The summed E-state index contributed by atoms with van der Waals surface area (Å²) in [6, 6.07) is 10.8. The average molecular weight is 311 g/mol. The minimum atomic E-state index is -0.463. The van der Waals surface area contributed by atoms with E-state index in [0.29, 0.717) is 24.2 Å². The smallest absolute Gasteiger partial charge is 0.248 e. The summed E-state index contributed by atoms with van der Waals surface area (Å²) in [5.41, 5.74) is 8.90. The zero-order valence-electron chi connectivity index (χ0n) is 13.7. The molecule has 2 rings (SSSR count). The molecule has 0 aromatic heterocycles. The second-order valence-corrected chi connectivity index (χ2v) is 5.74. The Balaban J connectivity index is 2.25. The Bertz CT molecular complexity index is 733. The fourth-order valence-corrected chi connectivity index (χ4v) is 2.39. The summed E-state index contributed by atoms with van der Waals surface area (Å²) in [7, 11) is 0. The van der Waals surface area contributed by atoms with E-state index in [1.165, 1.54) is 0 Å². The molecule has 0 atom stereocenters. The van der Waals surface area contributed by atoms with Crippen molar-refractivity contribution in [2.45, 2.75) is 33.6 Å². The molecular formula is C19H21NO3. The van der Waals surface area contributed by atoms with Gasteiger partial charge in [-0.1, -0.05) is 6.07 Å². The first-order valence-corrected chi connectivity index (χ1v) is 7.54. The van der Waals surface area contributed by atoms with Crippen molar-refractivity contribution >= 4 is 11.7 Å². The summed E-state index contributed by atoms with van der Waals surface area (Å²) in [4.78, 5) is 22.3. The maximum atomic E-state index is 11.2. The molecule has 0 saturated heterocycles. The van der Waals surface area contributed by atoms with Gasteiger partial charge < -0.3 is 15.3 Å². The molecule has 23 heavy (non-hydrogen) atoms. The van der Waals surface area contributed by atoms with Crippen LogP contribution in [-0.4, -0.2) is 11.7 Å². The van der Waals surface area contributed by atoms with E-state index < -0.39 is 5.91 Å². The van der Waals surface area contributed by atoms with Crippen molar-refractivity contribution in [1.82, 2.24) is 0 Å². The highest BCUT2D eigenvalue weighted by Crippen LogP contribution is 2.29. The second kappa shape index (κ2) is 7.09. The number of nitrogens with two attached hydrogens (primary N) is 1. The highest BCUT2D eigenvalue weighted by atomic mass is 16.5. The van der Waals surface area contributed by atoms with Gasteiger partial charge in [-0.25, -0.2) is 0 Å². The topological polar surface area (TPSA) is 69.4 Å². The predicted molar refractivity (Wildman–Crippen MR) is 90.0 cm³/mol. The van der Waals surface area contributed by atoms with Crippen LogP contribution in [0.1, 0.15) is 40.4 Å². The van der Waals surface area contributed by atoms with E-state index >= 15 is 0 Å². The van der Waals surface area contributed by atoms with Crippen LogP contribution in [0.2, 0.25) is 0 Å². The van der Waals surface area contributed by atoms with Crippen molar-refractivity contribution in [1.29, 1.82) is 0 Å². The zero-order chi connectivity index (χ0) is 17.0. The molecule has 0 saturated carbocycles. The first-order chi connectivity index (χ1) is 10.9. The first-order valence-electron chi connectivity index (χ1n) is 7.54. The van der Waals surface area contributed by atoms with E-state index in [2.05, 4.69) is 6.07 Å². The molecule has 0 aliphatic carbocycles.